The zero-order chi connectivity index (χ0) is 23.7. The van der Waals surface area contributed by atoms with Crippen molar-refractivity contribution in [1.82, 2.24) is 4.98 Å². The van der Waals surface area contributed by atoms with Gasteiger partial charge in [0.25, 0.3) is 11.7 Å². The van der Waals surface area contributed by atoms with Gasteiger partial charge in [0.15, 0.2) is 0 Å². The van der Waals surface area contributed by atoms with Crippen molar-refractivity contribution in [1.29, 1.82) is 0 Å². The number of nitrogens with zero attached hydrogens (tertiary/aromatic N) is 2. The molecule has 1 saturated heterocycles. The smallest absolute Gasteiger partial charge is 0.300 e. The van der Waals surface area contributed by atoms with Crippen LogP contribution < -0.4 is 14.4 Å². The summed E-state index contributed by atoms with van der Waals surface area (Å²) in [6.45, 7) is 0. The maximum absolute atomic E-state index is 13.8. The molecule has 4 rings (SSSR count). The maximum Gasteiger partial charge on any atom is 0.300 e. The van der Waals surface area contributed by atoms with Crippen LogP contribution in [-0.2, 0) is 9.59 Å². The van der Waals surface area contributed by atoms with E-state index < -0.39 is 29.3 Å². The maximum atomic E-state index is 13.8. The summed E-state index contributed by atoms with van der Waals surface area (Å²) in [6, 6.07) is 12.2. The lowest BCUT2D eigenvalue weighted by Crippen LogP contribution is -2.29. The first-order chi connectivity index (χ1) is 15.9. The van der Waals surface area contributed by atoms with Gasteiger partial charge in [-0.2, -0.15) is 0 Å². The average molecular weight is 469 g/mol. The topological polar surface area (TPSA) is 89.0 Å². The fourth-order valence-corrected chi connectivity index (χ4v) is 3.87. The van der Waals surface area contributed by atoms with Crippen molar-refractivity contribution in [2.24, 2.45) is 0 Å². The van der Waals surface area contributed by atoms with Crippen LogP contribution in [0.2, 0.25) is 5.02 Å². The molecule has 3 aromatic rings. The number of anilines is 1. The van der Waals surface area contributed by atoms with Gasteiger partial charge in [-0.05, 0) is 42.5 Å². The molecule has 2 aromatic carbocycles. The molecule has 7 nitrogen and oxygen atoms in total. The molecule has 0 radical (unpaired) electrons. The number of benzene rings is 2. The Labute approximate surface area is 193 Å². The fraction of sp³-hybridized carbons (Fsp3) is 0.125. The van der Waals surface area contributed by atoms with Crippen molar-refractivity contribution in [3.8, 4) is 11.5 Å². The highest BCUT2D eigenvalue weighted by molar-refractivity contribution is 6.51. The molecular weight excluding hydrogens is 451 g/mol. The van der Waals surface area contributed by atoms with E-state index in [0.29, 0.717) is 11.4 Å². The number of pyridine rings is 1. The Bertz CT molecular complexity index is 1280. The van der Waals surface area contributed by atoms with Gasteiger partial charge in [-0.3, -0.25) is 19.5 Å². The van der Waals surface area contributed by atoms with Crippen molar-refractivity contribution in [3.63, 3.8) is 0 Å². The molecule has 1 amide bonds. The number of hydrogen-bond donors (Lipinski definition) is 1. The van der Waals surface area contributed by atoms with Gasteiger partial charge in [0.1, 0.15) is 29.1 Å². The van der Waals surface area contributed by atoms with Gasteiger partial charge in [0.2, 0.25) is 0 Å². The zero-order valence-electron chi connectivity index (χ0n) is 17.6. The molecular formula is C24H18ClFN2O5. The number of Topliss-reactive ketones (excluding diaryl/α,β-unsaturated/α-hetero) is 1. The van der Waals surface area contributed by atoms with Gasteiger partial charge in [-0.15, -0.1) is 0 Å². The Morgan fingerprint density at radius 2 is 1.88 bits per heavy atom. The van der Waals surface area contributed by atoms with Crippen LogP contribution in [0.15, 0.2) is 66.4 Å². The van der Waals surface area contributed by atoms with Crippen LogP contribution in [0.4, 0.5) is 10.1 Å². The number of amides is 1. The Morgan fingerprint density at radius 1 is 1.09 bits per heavy atom. The van der Waals surface area contributed by atoms with E-state index >= 15 is 0 Å². The standard InChI is InChI=1S/C24H18ClFN2O5/c1-32-14-7-8-15(19(12-14)33-2)22(29)20-21(18-5-3-4-10-27-18)28(24(31)23(20)30)13-6-9-17(26)16(25)11-13/h3-12,21,29H,1-2H3/b22-20-. The summed E-state index contributed by atoms with van der Waals surface area (Å²) in [6.07, 6.45) is 1.50. The molecule has 33 heavy (non-hydrogen) atoms. The molecule has 1 unspecified atom stereocenters. The van der Waals surface area contributed by atoms with Crippen molar-refractivity contribution in [2.45, 2.75) is 6.04 Å². The molecule has 0 spiro atoms. The molecule has 1 aliphatic rings. The summed E-state index contributed by atoms with van der Waals surface area (Å²) in [5.74, 6) is -2.24. The highest BCUT2D eigenvalue weighted by Gasteiger charge is 2.48. The lowest BCUT2D eigenvalue weighted by atomic mass is 9.97. The Hall–Kier alpha value is -3.91. The first-order valence-electron chi connectivity index (χ1n) is 9.76. The number of aromatic nitrogens is 1. The van der Waals surface area contributed by atoms with Crippen molar-refractivity contribution in [3.05, 3.63) is 88.5 Å². The van der Waals surface area contributed by atoms with Gasteiger partial charge in [-0.25, -0.2) is 4.39 Å². The summed E-state index contributed by atoms with van der Waals surface area (Å²) in [7, 11) is 2.88. The van der Waals surface area contributed by atoms with Crippen molar-refractivity contribution < 1.29 is 28.6 Å². The summed E-state index contributed by atoms with van der Waals surface area (Å²) in [5.41, 5.74) is 0.503. The number of hydrogen-bond acceptors (Lipinski definition) is 6. The monoisotopic (exact) mass is 468 g/mol. The Balaban J connectivity index is 1.96. The second-order valence-corrected chi connectivity index (χ2v) is 7.50. The number of rotatable bonds is 5. The lowest BCUT2D eigenvalue weighted by Gasteiger charge is -2.25. The minimum atomic E-state index is -1.08. The van der Waals surface area contributed by atoms with E-state index in [1.165, 1.54) is 38.6 Å². The highest BCUT2D eigenvalue weighted by atomic mass is 35.5. The number of methoxy groups -OCH3 is 2. The first kappa shape index (κ1) is 22.3. The summed E-state index contributed by atoms with van der Waals surface area (Å²) < 4.78 is 24.3. The van der Waals surface area contributed by atoms with Gasteiger partial charge in [0.05, 0.1) is 36.1 Å². The highest BCUT2D eigenvalue weighted by Crippen LogP contribution is 2.43. The molecule has 0 aliphatic carbocycles. The van der Waals surface area contributed by atoms with Crippen LogP contribution in [0, 0.1) is 5.82 Å². The average Bonchev–Trinajstić information content (AvgIpc) is 3.11. The third-order valence-electron chi connectivity index (χ3n) is 5.26. The number of carbonyl (C=O) groups excluding carboxylic acids is 2. The van der Waals surface area contributed by atoms with Crippen LogP contribution in [0.3, 0.4) is 0 Å². The summed E-state index contributed by atoms with van der Waals surface area (Å²) >= 11 is 5.93. The number of carbonyl (C=O) groups is 2. The number of ether oxygens (including phenoxy) is 2. The SMILES string of the molecule is COc1ccc(/C(O)=C2/C(=O)C(=O)N(c3ccc(F)c(Cl)c3)C2c2ccccn2)c(OC)c1. The Kier molecular flexibility index (Phi) is 6.02. The predicted molar refractivity (Wildman–Crippen MR) is 120 cm³/mol. The predicted octanol–water partition coefficient (Wildman–Crippen LogP) is 4.52. The number of ketones is 1. The quantitative estimate of drug-likeness (QED) is 0.336. The van der Waals surface area contributed by atoms with Gasteiger partial charge < -0.3 is 14.6 Å². The Morgan fingerprint density at radius 3 is 2.52 bits per heavy atom. The van der Waals surface area contributed by atoms with Gasteiger partial charge >= 0.3 is 0 Å². The van der Waals surface area contributed by atoms with E-state index in [-0.39, 0.29) is 27.6 Å². The molecule has 1 fully saturated rings. The third kappa shape index (κ3) is 3.89. The molecule has 1 N–H and O–H groups in total. The van der Waals surface area contributed by atoms with E-state index in [1.807, 2.05) is 0 Å². The third-order valence-corrected chi connectivity index (χ3v) is 5.55. The number of aliphatic hydroxyl groups is 1. The second-order valence-electron chi connectivity index (χ2n) is 7.09. The molecule has 0 bridgehead atoms. The van der Waals surface area contributed by atoms with Crippen LogP contribution in [0.5, 0.6) is 11.5 Å². The largest absolute Gasteiger partial charge is 0.507 e. The zero-order valence-corrected chi connectivity index (χ0v) is 18.3. The van der Waals surface area contributed by atoms with E-state index in [9.17, 15) is 19.1 Å². The van der Waals surface area contributed by atoms with Crippen LogP contribution in [0.25, 0.3) is 5.76 Å². The number of aliphatic hydroxyl groups excluding tert-OH is 1. The second kappa shape index (κ2) is 8.91. The van der Waals surface area contributed by atoms with Crippen molar-refractivity contribution in [2.75, 3.05) is 19.1 Å². The van der Waals surface area contributed by atoms with Crippen LogP contribution in [0.1, 0.15) is 17.3 Å². The molecule has 9 heteroatoms. The van der Waals surface area contributed by atoms with Crippen LogP contribution >= 0.6 is 11.6 Å². The molecule has 1 atom stereocenters. The van der Waals surface area contributed by atoms with Gasteiger partial charge in [0, 0.05) is 18.0 Å². The van der Waals surface area contributed by atoms with Crippen LogP contribution in [-0.4, -0.2) is 36.0 Å². The molecule has 0 saturated carbocycles. The molecule has 1 aromatic heterocycles. The van der Waals surface area contributed by atoms with E-state index in [2.05, 4.69) is 4.98 Å². The molecule has 168 valence electrons. The fourth-order valence-electron chi connectivity index (χ4n) is 3.69. The number of halogens is 2. The van der Waals surface area contributed by atoms with E-state index in [1.54, 1.807) is 30.3 Å². The van der Waals surface area contributed by atoms with E-state index in [0.717, 1.165) is 11.0 Å². The summed E-state index contributed by atoms with van der Waals surface area (Å²) in [4.78, 5) is 31.7. The van der Waals surface area contributed by atoms with Gasteiger partial charge in [-0.1, -0.05) is 17.7 Å². The molecule has 2 heterocycles. The normalized spacial score (nSPS) is 17.3. The molecule has 1 aliphatic heterocycles. The van der Waals surface area contributed by atoms with Crippen molar-refractivity contribution >= 4 is 34.7 Å². The first-order valence-corrected chi connectivity index (χ1v) is 10.1. The lowest BCUT2D eigenvalue weighted by molar-refractivity contribution is -0.132. The van der Waals surface area contributed by atoms with E-state index in [4.69, 9.17) is 21.1 Å². The minimum absolute atomic E-state index is 0.180. The summed E-state index contributed by atoms with van der Waals surface area (Å²) in [5, 5.41) is 11.0. The minimum Gasteiger partial charge on any atom is -0.507 e.